The summed E-state index contributed by atoms with van der Waals surface area (Å²) in [6.07, 6.45) is 4.14. The van der Waals surface area contributed by atoms with Gasteiger partial charge in [0.25, 0.3) is 0 Å². The number of nitrogens with zero attached hydrogens (tertiary/aromatic N) is 3. The highest BCUT2D eigenvalue weighted by Crippen LogP contribution is 2.25. The van der Waals surface area contributed by atoms with Crippen LogP contribution >= 0.6 is 0 Å². The van der Waals surface area contributed by atoms with Crippen molar-refractivity contribution in [1.82, 2.24) is 9.97 Å². The highest BCUT2D eigenvalue weighted by atomic mass is 15.3. The SMILES string of the molecule is CC1CCN(c2nccc(N)n2)C(C)C1. The first kappa shape index (κ1) is 10.2. The van der Waals surface area contributed by atoms with Crippen LogP contribution in [0.25, 0.3) is 0 Å². The minimum atomic E-state index is 0.510. The van der Waals surface area contributed by atoms with Crippen LogP contribution in [-0.2, 0) is 0 Å². The van der Waals surface area contributed by atoms with Crippen LogP contribution in [0.4, 0.5) is 11.8 Å². The fourth-order valence-corrected chi connectivity index (χ4v) is 2.20. The van der Waals surface area contributed by atoms with Gasteiger partial charge in [-0.3, -0.25) is 0 Å². The lowest BCUT2D eigenvalue weighted by Gasteiger charge is -2.36. The zero-order valence-electron chi connectivity index (χ0n) is 9.35. The maximum Gasteiger partial charge on any atom is 0.227 e. The summed E-state index contributed by atoms with van der Waals surface area (Å²) in [6, 6.07) is 2.23. The quantitative estimate of drug-likeness (QED) is 0.759. The third-order valence-electron chi connectivity index (χ3n) is 3.06. The summed E-state index contributed by atoms with van der Waals surface area (Å²) >= 11 is 0. The van der Waals surface area contributed by atoms with Crippen molar-refractivity contribution in [3.05, 3.63) is 12.3 Å². The zero-order valence-corrected chi connectivity index (χ0v) is 9.35. The molecule has 0 radical (unpaired) electrons. The third kappa shape index (κ3) is 2.19. The molecule has 1 aromatic rings. The van der Waals surface area contributed by atoms with Crippen molar-refractivity contribution in [3.63, 3.8) is 0 Å². The van der Waals surface area contributed by atoms with Gasteiger partial charge in [0.2, 0.25) is 5.95 Å². The first-order valence-electron chi connectivity index (χ1n) is 5.52. The molecule has 15 heavy (non-hydrogen) atoms. The first-order chi connectivity index (χ1) is 7.16. The van der Waals surface area contributed by atoms with E-state index in [9.17, 15) is 0 Å². The van der Waals surface area contributed by atoms with E-state index in [1.54, 1.807) is 12.3 Å². The van der Waals surface area contributed by atoms with Gasteiger partial charge in [0.05, 0.1) is 0 Å². The van der Waals surface area contributed by atoms with Gasteiger partial charge in [0, 0.05) is 18.8 Å². The highest BCUT2D eigenvalue weighted by Gasteiger charge is 2.24. The van der Waals surface area contributed by atoms with E-state index in [-0.39, 0.29) is 0 Å². The second-order valence-electron chi connectivity index (χ2n) is 4.45. The van der Waals surface area contributed by atoms with E-state index in [4.69, 9.17) is 5.73 Å². The van der Waals surface area contributed by atoms with Gasteiger partial charge >= 0.3 is 0 Å². The predicted molar refractivity (Wildman–Crippen MR) is 61.7 cm³/mol. The van der Waals surface area contributed by atoms with Gasteiger partial charge in [0.1, 0.15) is 5.82 Å². The fourth-order valence-electron chi connectivity index (χ4n) is 2.20. The second kappa shape index (κ2) is 4.04. The smallest absolute Gasteiger partial charge is 0.227 e. The van der Waals surface area contributed by atoms with Crippen molar-refractivity contribution in [2.24, 2.45) is 5.92 Å². The van der Waals surface area contributed by atoms with Crippen LogP contribution in [0.2, 0.25) is 0 Å². The van der Waals surface area contributed by atoms with Crippen LogP contribution < -0.4 is 10.6 Å². The molecule has 4 nitrogen and oxygen atoms in total. The van der Waals surface area contributed by atoms with Crippen LogP contribution in [0.5, 0.6) is 0 Å². The molecule has 1 saturated heterocycles. The molecule has 0 aromatic carbocycles. The Kier molecular flexibility index (Phi) is 2.75. The molecule has 1 aliphatic rings. The second-order valence-corrected chi connectivity index (χ2v) is 4.45. The minimum Gasteiger partial charge on any atom is -0.384 e. The molecule has 4 heteroatoms. The summed E-state index contributed by atoms with van der Waals surface area (Å²) in [5.41, 5.74) is 5.66. The standard InChI is InChI=1S/C11H18N4/c1-8-4-6-15(9(2)7-8)11-13-5-3-10(12)14-11/h3,5,8-9H,4,6-7H2,1-2H3,(H2,12,13,14). The molecule has 2 N–H and O–H groups in total. The van der Waals surface area contributed by atoms with E-state index in [0.29, 0.717) is 11.9 Å². The Morgan fingerprint density at radius 2 is 2.27 bits per heavy atom. The van der Waals surface area contributed by atoms with Crippen LogP contribution in [0.3, 0.4) is 0 Å². The summed E-state index contributed by atoms with van der Waals surface area (Å²) < 4.78 is 0. The minimum absolute atomic E-state index is 0.510. The van der Waals surface area contributed by atoms with E-state index >= 15 is 0 Å². The molecular weight excluding hydrogens is 188 g/mol. The molecule has 0 spiro atoms. The van der Waals surface area contributed by atoms with Crippen molar-refractivity contribution in [2.75, 3.05) is 17.2 Å². The molecule has 1 fully saturated rings. The van der Waals surface area contributed by atoms with Gasteiger partial charge in [-0.2, -0.15) is 4.98 Å². The number of nitrogen functional groups attached to an aromatic ring is 1. The Bertz CT molecular complexity index is 339. The van der Waals surface area contributed by atoms with E-state index in [0.717, 1.165) is 18.4 Å². The highest BCUT2D eigenvalue weighted by molar-refractivity contribution is 5.38. The van der Waals surface area contributed by atoms with E-state index in [2.05, 4.69) is 28.7 Å². The maximum atomic E-state index is 5.66. The molecule has 1 aliphatic heterocycles. The van der Waals surface area contributed by atoms with Crippen molar-refractivity contribution < 1.29 is 0 Å². The normalized spacial score (nSPS) is 26.7. The predicted octanol–water partition coefficient (Wildman–Crippen LogP) is 1.68. The molecule has 2 rings (SSSR count). The van der Waals surface area contributed by atoms with Crippen molar-refractivity contribution in [1.29, 1.82) is 0 Å². The van der Waals surface area contributed by atoms with Crippen molar-refractivity contribution in [2.45, 2.75) is 32.7 Å². The fraction of sp³-hybridized carbons (Fsp3) is 0.636. The topological polar surface area (TPSA) is 55.0 Å². The van der Waals surface area contributed by atoms with E-state index < -0.39 is 0 Å². The molecule has 0 aliphatic carbocycles. The number of nitrogens with two attached hydrogens (primary N) is 1. The van der Waals surface area contributed by atoms with Crippen molar-refractivity contribution >= 4 is 11.8 Å². The molecule has 2 heterocycles. The number of hydrogen-bond acceptors (Lipinski definition) is 4. The Hall–Kier alpha value is -1.32. The number of anilines is 2. The number of aromatic nitrogens is 2. The molecular formula is C11H18N4. The molecule has 0 saturated carbocycles. The lowest BCUT2D eigenvalue weighted by Crippen LogP contribution is -2.41. The average Bonchev–Trinajstić information content (AvgIpc) is 2.17. The van der Waals surface area contributed by atoms with Crippen molar-refractivity contribution in [3.8, 4) is 0 Å². The molecule has 82 valence electrons. The van der Waals surface area contributed by atoms with Gasteiger partial charge in [-0.05, 0) is 31.7 Å². The lowest BCUT2D eigenvalue weighted by atomic mass is 9.94. The zero-order chi connectivity index (χ0) is 10.8. The summed E-state index contributed by atoms with van der Waals surface area (Å²) in [5, 5.41) is 0. The number of piperidine rings is 1. The van der Waals surface area contributed by atoms with E-state index in [1.165, 1.54) is 12.8 Å². The van der Waals surface area contributed by atoms with Gasteiger partial charge in [-0.1, -0.05) is 6.92 Å². The summed E-state index contributed by atoms with van der Waals surface area (Å²) in [5.74, 6) is 2.12. The molecule has 0 amide bonds. The first-order valence-corrected chi connectivity index (χ1v) is 5.52. The Morgan fingerprint density at radius 3 is 2.93 bits per heavy atom. The van der Waals surface area contributed by atoms with Crippen LogP contribution in [-0.4, -0.2) is 22.6 Å². The van der Waals surface area contributed by atoms with Gasteiger partial charge < -0.3 is 10.6 Å². The Morgan fingerprint density at radius 1 is 1.47 bits per heavy atom. The summed E-state index contributed by atoms with van der Waals surface area (Å²) in [6.45, 7) is 5.56. The summed E-state index contributed by atoms with van der Waals surface area (Å²) in [7, 11) is 0. The molecule has 0 bridgehead atoms. The van der Waals surface area contributed by atoms with Gasteiger partial charge in [-0.25, -0.2) is 4.98 Å². The Labute approximate surface area is 90.5 Å². The molecule has 1 aromatic heterocycles. The Balaban J connectivity index is 2.17. The van der Waals surface area contributed by atoms with Gasteiger partial charge in [-0.15, -0.1) is 0 Å². The summed E-state index contributed by atoms with van der Waals surface area (Å²) in [4.78, 5) is 10.8. The van der Waals surface area contributed by atoms with Crippen LogP contribution in [0.15, 0.2) is 12.3 Å². The van der Waals surface area contributed by atoms with E-state index in [1.807, 2.05) is 0 Å². The monoisotopic (exact) mass is 206 g/mol. The maximum absolute atomic E-state index is 5.66. The average molecular weight is 206 g/mol. The van der Waals surface area contributed by atoms with Crippen LogP contribution in [0.1, 0.15) is 26.7 Å². The molecule has 2 unspecified atom stereocenters. The lowest BCUT2D eigenvalue weighted by molar-refractivity contribution is 0.374. The molecule has 2 atom stereocenters. The number of rotatable bonds is 1. The largest absolute Gasteiger partial charge is 0.384 e. The number of hydrogen-bond donors (Lipinski definition) is 1. The third-order valence-corrected chi connectivity index (χ3v) is 3.06. The van der Waals surface area contributed by atoms with Crippen LogP contribution in [0, 0.1) is 5.92 Å². The van der Waals surface area contributed by atoms with Gasteiger partial charge in [0.15, 0.2) is 0 Å².